The Morgan fingerprint density at radius 3 is 2.13 bits per heavy atom. The number of rotatable bonds is 7. The Labute approximate surface area is 171 Å². The average Bonchev–Trinajstić information content (AvgIpc) is 3.04. The Bertz CT molecular complexity index is 934. The maximum Gasteiger partial charge on any atom is 0.407 e. The maximum absolute atomic E-state index is 13.0. The lowest BCUT2D eigenvalue weighted by molar-refractivity contribution is -0.164. The molecular weight excluding hydrogens is 398 g/mol. The normalized spacial score (nSPS) is 13.7. The third-order valence-corrected chi connectivity index (χ3v) is 4.87. The summed E-state index contributed by atoms with van der Waals surface area (Å²) in [6.45, 7) is -0.0706. The number of halogens is 2. The zero-order chi connectivity index (χ0) is 21.9. The Morgan fingerprint density at radius 2 is 1.60 bits per heavy atom. The van der Waals surface area contributed by atoms with E-state index in [4.69, 9.17) is 9.84 Å². The molecule has 9 heteroatoms. The van der Waals surface area contributed by atoms with Crippen molar-refractivity contribution in [3.8, 4) is 11.1 Å². The van der Waals surface area contributed by atoms with Crippen LogP contribution in [0.3, 0.4) is 0 Å². The Morgan fingerprint density at radius 1 is 1.07 bits per heavy atom. The van der Waals surface area contributed by atoms with Gasteiger partial charge in [0, 0.05) is 5.92 Å². The number of aliphatic carboxylic acids is 1. The first-order valence-electron chi connectivity index (χ1n) is 9.21. The number of benzene rings is 2. The number of hydrogen-bond acceptors (Lipinski definition) is 4. The molecule has 0 bridgehead atoms. The van der Waals surface area contributed by atoms with Gasteiger partial charge in [-0.3, -0.25) is 4.79 Å². The van der Waals surface area contributed by atoms with E-state index in [0.717, 1.165) is 22.3 Å². The third-order valence-electron chi connectivity index (χ3n) is 4.87. The second kappa shape index (κ2) is 8.48. The molecular formula is C21H20F2N2O5. The van der Waals surface area contributed by atoms with E-state index >= 15 is 0 Å². The van der Waals surface area contributed by atoms with Crippen molar-refractivity contribution in [3.63, 3.8) is 0 Å². The largest absolute Gasteiger partial charge is 0.477 e. The van der Waals surface area contributed by atoms with E-state index in [1.54, 1.807) is 5.32 Å². The molecule has 0 unspecified atom stereocenters. The quantitative estimate of drug-likeness (QED) is 0.641. The molecule has 1 aliphatic rings. The van der Waals surface area contributed by atoms with Crippen LogP contribution in [-0.4, -0.2) is 48.2 Å². The summed E-state index contributed by atoms with van der Waals surface area (Å²) in [5.41, 5.74) is 4.17. The second-order valence-corrected chi connectivity index (χ2v) is 6.92. The highest BCUT2D eigenvalue weighted by Crippen LogP contribution is 2.44. The minimum Gasteiger partial charge on any atom is -0.477 e. The van der Waals surface area contributed by atoms with E-state index in [-0.39, 0.29) is 12.5 Å². The van der Waals surface area contributed by atoms with Crippen LogP contribution in [0, 0.1) is 0 Å². The number of nitrogens with one attached hydrogen (secondary N) is 2. The van der Waals surface area contributed by atoms with Crippen molar-refractivity contribution in [1.29, 1.82) is 0 Å². The molecule has 0 aromatic heterocycles. The molecule has 2 amide bonds. The van der Waals surface area contributed by atoms with E-state index in [1.807, 2.05) is 48.5 Å². The van der Waals surface area contributed by atoms with Crippen molar-refractivity contribution < 1.29 is 33.0 Å². The first kappa shape index (κ1) is 21.2. The van der Waals surface area contributed by atoms with E-state index in [9.17, 15) is 23.2 Å². The lowest BCUT2D eigenvalue weighted by atomic mass is 9.98. The van der Waals surface area contributed by atoms with E-state index < -0.39 is 36.5 Å². The fourth-order valence-electron chi connectivity index (χ4n) is 3.31. The summed E-state index contributed by atoms with van der Waals surface area (Å²) in [6, 6.07) is 14.4. The van der Waals surface area contributed by atoms with Crippen LogP contribution in [0.5, 0.6) is 0 Å². The van der Waals surface area contributed by atoms with Gasteiger partial charge in [0.2, 0.25) is 5.91 Å². The van der Waals surface area contributed by atoms with Gasteiger partial charge in [-0.25, -0.2) is 9.59 Å². The molecule has 0 saturated heterocycles. The highest BCUT2D eigenvalue weighted by Gasteiger charge is 2.39. The monoisotopic (exact) mass is 418 g/mol. The SMILES string of the molecule is C[C@H](NC(=O)OCC1c2ccccc2-c2ccccc21)C(=O)NCC(F)(F)C(=O)O. The molecule has 0 saturated carbocycles. The lowest BCUT2D eigenvalue weighted by Crippen LogP contribution is -2.49. The molecule has 158 valence electrons. The fourth-order valence-corrected chi connectivity index (χ4v) is 3.31. The lowest BCUT2D eigenvalue weighted by Gasteiger charge is -2.18. The van der Waals surface area contributed by atoms with Crippen LogP contribution < -0.4 is 10.6 Å². The molecule has 3 N–H and O–H groups in total. The second-order valence-electron chi connectivity index (χ2n) is 6.92. The molecule has 30 heavy (non-hydrogen) atoms. The number of carbonyl (C=O) groups is 3. The molecule has 1 atom stereocenters. The zero-order valence-electron chi connectivity index (χ0n) is 16.0. The van der Waals surface area contributed by atoms with E-state index in [2.05, 4.69) is 5.32 Å². The number of ether oxygens (including phenoxy) is 1. The third kappa shape index (κ3) is 4.40. The fraction of sp³-hybridized carbons (Fsp3) is 0.286. The van der Waals surface area contributed by atoms with Crippen molar-refractivity contribution in [2.45, 2.75) is 24.8 Å². The van der Waals surface area contributed by atoms with E-state index in [1.165, 1.54) is 6.92 Å². The van der Waals surface area contributed by atoms with E-state index in [0.29, 0.717) is 0 Å². The van der Waals surface area contributed by atoms with Gasteiger partial charge in [0.25, 0.3) is 0 Å². The van der Waals surface area contributed by atoms with Crippen molar-refractivity contribution in [1.82, 2.24) is 10.6 Å². The van der Waals surface area contributed by atoms with Gasteiger partial charge in [-0.2, -0.15) is 8.78 Å². The van der Waals surface area contributed by atoms with Crippen molar-refractivity contribution in [2.75, 3.05) is 13.2 Å². The average molecular weight is 418 g/mol. The molecule has 2 aromatic rings. The van der Waals surface area contributed by atoms with Crippen LogP contribution in [-0.2, 0) is 14.3 Å². The van der Waals surface area contributed by atoms with Crippen LogP contribution in [0.25, 0.3) is 11.1 Å². The first-order valence-corrected chi connectivity index (χ1v) is 9.21. The number of alkyl carbamates (subject to hydrolysis) is 1. The Balaban J connectivity index is 1.56. The Kier molecular flexibility index (Phi) is 6.00. The topological polar surface area (TPSA) is 105 Å². The van der Waals surface area contributed by atoms with Gasteiger partial charge in [-0.15, -0.1) is 0 Å². The summed E-state index contributed by atoms with van der Waals surface area (Å²) in [5.74, 6) is -7.56. The number of alkyl halides is 2. The predicted molar refractivity (Wildman–Crippen MR) is 103 cm³/mol. The number of carboxylic acids is 1. The predicted octanol–water partition coefficient (Wildman–Crippen LogP) is 2.75. The summed E-state index contributed by atoms with van der Waals surface area (Å²) >= 11 is 0. The minimum atomic E-state index is -4.10. The summed E-state index contributed by atoms with van der Waals surface area (Å²) in [4.78, 5) is 34.3. The van der Waals surface area contributed by atoms with Crippen LogP contribution in [0.1, 0.15) is 24.0 Å². The first-order chi connectivity index (χ1) is 14.2. The molecule has 0 fully saturated rings. The van der Waals surface area contributed by atoms with Crippen LogP contribution in [0.15, 0.2) is 48.5 Å². The van der Waals surface area contributed by atoms with Gasteiger partial charge in [0.1, 0.15) is 12.6 Å². The Hall–Kier alpha value is -3.49. The van der Waals surface area contributed by atoms with Gasteiger partial charge in [-0.05, 0) is 29.2 Å². The highest BCUT2D eigenvalue weighted by atomic mass is 19.3. The molecule has 1 aliphatic carbocycles. The van der Waals surface area contributed by atoms with Crippen LogP contribution in [0.4, 0.5) is 13.6 Å². The standard InChI is InChI=1S/C21H20F2N2O5/c1-12(18(26)24-11-21(22,23)19(27)28)25-20(29)30-10-17-15-8-4-2-6-13(15)14-7-3-5-9-16(14)17/h2-9,12,17H,10-11H2,1H3,(H,24,26)(H,25,29)(H,27,28)/t12-/m0/s1. The molecule has 0 spiro atoms. The number of fused-ring (bicyclic) bond motifs is 3. The number of amides is 2. The molecule has 7 nitrogen and oxygen atoms in total. The smallest absolute Gasteiger partial charge is 0.407 e. The van der Waals surface area contributed by atoms with Gasteiger partial charge in [-0.1, -0.05) is 48.5 Å². The summed E-state index contributed by atoms with van der Waals surface area (Å²) in [6.07, 6.45) is -0.885. The van der Waals surface area contributed by atoms with Gasteiger partial charge in [0.05, 0.1) is 6.54 Å². The van der Waals surface area contributed by atoms with Gasteiger partial charge < -0.3 is 20.5 Å². The minimum absolute atomic E-state index is 0.0330. The van der Waals surface area contributed by atoms with Gasteiger partial charge in [0.15, 0.2) is 0 Å². The summed E-state index contributed by atoms with van der Waals surface area (Å²) in [5, 5.41) is 12.4. The highest BCUT2D eigenvalue weighted by molar-refractivity contribution is 5.86. The van der Waals surface area contributed by atoms with Gasteiger partial charge >= 0.3 is 18.0 Å². The molecule has 0 heterocycles. The summed E-state index contributed by atoms with van der Waals surface area (Å²) < 4.78 is 31.4. The number of hydrogen-bond donors (Lipinski definition) is 3. The van der Waals surface area contributed by atoms with Crippen molar-refractivity contribution in [3.05, 3.63) is 59.7 Å². The number of carbonyl (C=O) groups excluding carboxylic acids is 2. The molecule has 3 rings (SSSR count). The number of carboxylic acid groups (broad SMARTS) is 1. The van der Waals surface area contributed by atoms with Crippen molar-refractivity contribution in [2.24, 2.45) is 0 Å². The maximum atomic E-state index is 13.0. The van der Waals surface area contributed by atoms with Crippen LogP contribution in [0.2, 0.25) is 0 Å². The molecule has 0 aliphatic heterocycles. The summed E-state index contributed by atoms with van der Waals surface area (Å²) in [7, 11) is 0. The molecule has 2 aromatic carbocycles. The molecule has 0 radical (unpaired) electrons. The zero-order valence-corrected chi connectivity index (χ0v) is 16.0. The van der Waals surface area contributed by atoms with Crippen LogP contribution >= 0.6 is 0 Å². The van der Waals surface area contributed by atoms with Crippen molar-refractivity contribution >= 4 is 18.0 Å².